The molecule has 11 heteroatoms. The first-order chi connectivity index (χ1) is 22.3. The van der Waals surface area contributed by atoms with Gasteiger partial charge in [-0.1, -0.05) is 75.4 Å². The summed E-state index contributed by atoms with van der Waals surface area (Å²) in [5, 5.41) is 15.3. The second-order valence-electron chi connectivity index (χ2n) is 12.1. The summed E-state index contributed by atoms with van der Waals surface area (Å²) in [7, 11) is 0. The fraction of sp³-hybridized carbons (Fsp3) is 0.514. The van der Waals surface area contributed by atoms with Crippen LogP contribution in [0.2, 0.25) is 0 Å². The van der Waals surface area contributed by atoms with E-state index in [0.29, 0.717) is 58.5 Å². The van der Waals surface area contributed by atoms with Crippen molar-refractivity contribution in [3.05, 3.63) is 54.1 Å². The van der Waals surface area contributed by atoms with E-state index in [4.69, 9.17) is 9.47 Å². The normalized spacial score (nSPS) is 12.3. The number of aromatic nitrogens is 3. The molecule has 0 saturated heterocycles. The molecule has 2 amide bonds. The summed E-state index contributed by atoms with van der Waals surface area (Å²) in [4.78, 5) is 39.7. The van der Waals surface area contributed by atoms with Gasteiger partial charge in [0, 0.05) is 68.6 Å². The van der Waals surface area contributed by atoms with Gasteiger partial charge in [0.25, 0.3) is 0 Å². The van der Waals surface area contributed by atoms with E-state index >= 15 is 0 Å². The molecule has 0 fully saturated rings. The predicted molar refractivity (Wildman–Crippen MR) is 178 cm³/mol. The van der Waals surface area contributed by atoms with Gasteiger partial charge in [-0.25, -0.2) is 4.68 Å². The number of hydrogen-bond acceptors (Lipinski definition) is 8. The molecule has 1 aliphatic heterocycles. The lowest BCUT2D eigenvalue weighted by molar-refractivity contribution is -0.125. The molecule has 0 unspecified atom stereocenters. The molecule has 1 aliphatic rings. The smallest absolute Gasteiger partial charge is 0.227 e. The van der Waals surface area contributed by atoms with Gasteiger partial charge in [-0.15, -0.1) is 5.10 Å². The van der Waals surface area contributed by atoms with Crippen molar-refractivity contribution in [2.45, 2.75) is 72.5 Å². The molecule has 0 saturated carbocycles. The summed E-state index contributed by atoms with van der Waals surface area (Å²) in [6.07, 6.45) is 1.27. The number of rotatable bonds is 18. The summed E-state index contributed by atoms with van der Waals surface area (Å²) >= 11 is 0. The lowest BCUT2D eigenvalue weighted by atomic mass is 9.95. The number of nitrogens with one attached hydrogen (secondary N) is 2. The highest BCUT2D eigenvalue weighted by atomic mass is 16.5. The predicted octanol–water partition coefficient (Wildman–Crippen LogP) is 4.39. The SMILES string of the molecule is CC(C)NCCOCCCn1nnc2c1-c1ccccc1CN(C(=O)CCC(=O)NCCOCCC(=O)C(C)C)c1ccccc1-2. The molecule has 0 atom stereocenters. The van der Waals surface area contributed by atoms with Gasteiger partial charge in [-0.05, 0) is 18.1 Å². The Morgan fingerprint density at radius 2 is 1.57 bits per heavy atom. The molecule has 0 radical (unpaired) electrons. The van der Waals surface area contributed by atoms with Crippen LogP contribution >= 0.6 is 0 Å². The zero-order valence-electron chi connectivity index (χ0n) is 27.6. The molecule has 0 spiro atoms. The van der Waals surface area contributed by atoms with E-state index in [1.54, 1.807) is 4.90 Å². The van der Waals surface area contributed by atoms with Crippen molar-refractivity contribution in [2.24, 2.45) is 5.92 Å². The molecule has 3 aromatic rings. The van der Waals surface area contributed by atoms with Crippen LogP contribution in [0.15, 0.2) is 48.5 Å². The average molecular weight is 633 g/mol. The summed E-state index contributed by atoms with van der Waals surface area (Å²) in [5.41, 5.74) is 5.15. The average Bonchev–Trinajstić information content (AvgIpc) is 3.45. The second-order valence-corrected chi connectivity index (χ2v) is 12.1. The van der Waals surface area contributed by atoms with E-state index in [1.165, 1.54) is 0 Å². The van der Waals surface area contributed by atoms with E-state index in [-0.39, 0.29) is 36.4 Å². The Balaban J connectivity index is 1.41. The fourth-order valence-electron chi connectivity index (χ4n) is 5.30. The number of carbonyl (C=O) groups excluding carboxylic acids is 3. The first kappa shape index (κ1) is 34.9. The first-order valence-electron chi connectivity index (χ1n) is 16.4. The van der Waals surface area contributed by atoms with Crippen LogP contribution in [0.5, 0.6) is 0 Å². The number of fused-ring (bicyclic) bond motifs is 5. The van der Waals surface area contributed by atoms with Gasteiger partial charge in [0.1, 0.15) is 11.5 Å². The van der Waals surface area contributed by atoms with Crippen LogP contribution in [-0.4, -0.2) is 78.2 Å². The van der Waals surface area contributed by atoms with E-state index in [1.807, 2.05) is 67.1 Å². The zero-order chi connectivity index (χ0) is 32.9. The van der Waals surface area contributed by atoms with Gasteiger partial charge in [-0.2, -0.15) is 0 Å². The molecular weight excluding hydrogens is 584 g/mol. The standard InChI is InChI=1S/C35H48N6O5/c1-25(2)31(42)16-21-46-23-18-37-32(43)14-15-33(44)40-24-27-10-5-6-11-28(27)35-34(29-12-7-8-13-30(29)40)38-39-41(35)19-9-20-45-22-17-36-26(3)4/h5-8,10-13,25-26,36H,9,14-24H2,1-4H3,(H,37,43). The van der Waals surface area contributed by atoms with Crippen LogP contribution in [0.25, 0.3) is 22.5 Å². The van der Waals surface area contributed by atoms with Gasteiger partial charge in [0.15, 0.2) is 0 Å². The van der Waals surface area contributed by atoms with Gasteiger partial charge in [-0.3, -0.25) is 14.4 Å². The Morgan fingerprint density at radius 3 is 2.35 bits per heavy atom. The lowest BCUT2D eigenvalue weighted by Gasteiger charge is -2.28. The quantitative estimate of drug-likeness (QED) is 0.198. The molecule has 2 heterocycles. The Labute approximate surface area is 272 Å². The van der Waals surface area contributed by atoms with Crippen molar-refractivity contribution in [2.75, 3.05) is 44.4 Å². The topological polar surface area (TPSA) is 128 Å². The highest BCUT2D eigenvalue weighted by molar-refractivity contribution is 6.01. The number of Topliss-reactive ketones (excluding diaryl/α,β-unsaturated/α-hetero) is 1. The Hall–Kier alpha value is -3.93. The van der Waals surface area contributed by atoms with Crippen LogP contribution in [0.1, 0.15) is 58.9 Å². The molecule has 46 heavy (non-hydrogen) atoms. The third-order valence-corrected chi connectivity index (χ3v) is 7.82. The van der Waals surface area contributed by atoms with Gasteiger partial charge in [0.2, 0.25) is 11.8 Å². The number of nitrogens with zero attached hydrogens (tertiary/aromatic N) is 4. The Bertz CT molecular complexity index is 1450. The molecule has 0 bridgehead atoms. The minimum atomic E-state index is -0.221. The van der Waals surface area contributed by atoms with Gasteiger partial charge >= 0.3 is 0 Å². The number of benzene rings is 2. The van der Waals surface area contributed by atoms with E-state index in [9.17, 15) is 14.4 Å². The number of para-hydroxylation sites is 1. The van der Waals surface area contributed by atoms with Crippen molar-refractivity contribution >= 4 is 23.3 Å². The third-order valence-electron chi connectivity index (χ3n) is 7.82. The van der Waals surface area contributed by atoms with Crippen molar-refractivity contribution in [3.8, 4) is 22.5 Å². The monoisotopic (exact) mass is 632 g/mol. The van der Waals surface area contributed by atoms with Crippen molar-refractivity contribution in [1.29, 1.82) is 0 Å². The maximum atomic E-state index is 13.7. The van der Waals surface area contributed by atoms with Crippen LogP contribution in [0.3, 0.4) is 0 Å². The zero-order valence-corrected chi connectivity index (χ0v) is 27.6. The summed E-state index contributed by atoms with van der Waals surface area (Å²) < 4.78 is 13.2. The Morgan fingerprint density at radius 1 is 0.848 bits per heavy atom. The number of ketones is 1. The van der Waals surface area contributed by atoms with Crippen LogP contribution in [-0.2, 0) is 36.9 Å². The van der Waals surface area contributed by atoms with Crippen LogP contribution in [0.4, 0.5) is 5.69 Å². The van der Waals surface area contributed by atoms with Crippen LogP contribution in [0, 0.1) is 5.92 Å². The maximum Gasteiger partial charge on any atom is 0.227 e. The molecule has 4 rings (SSSR count). The minimum Gasteiger partial charge on any atom is -0.380 e. The number of anilines is 1. The van der Waals surface area contributed by atoms with Crippen LogP contribution < -0.4 is 15.5 Å². The molecule has 11 nitrogen and oxygen atoms in total. The molecular formula is C35H48N6O5. The first-order valence-corrected chi connectivity index (χ1v) is 16.4. The van der Waals surface area contributed by atoms with E-state index in [2.05, 4.69) is 34.8 Å². The van der Waals surface area contributed by atoms with Crippen molar-refractivity contribution in [1.82, 2.24) is 25.6 Å². The molecule has 1 aromatic heterocycles. The lowest BCUT2D eigenvalue weighted by Crippen LogP contribution is -2.34. The molecule has 2 aromatic carbocycles. The summed E-state index contributed by atoms with van der Waals surface area (Å²) in [6.45, 7) is 12.0. The third kappa shape index (κ3) is 9.78. The van der Waals surface area contributed by atoms with E-state index < -0.39 is 0 Å². The maximum absolute atomic E-state index is 13.7. The fourth-order valence-corrected chi connectivity index (χ4v) is 5.30. The molecule has 0 aliphatic carbocycles. The Kier molecular flexibility index (Phi) is 13.4. The number of aryl methyl sites for hydroxylation is 1. The van der Waals surface area contributed by atoms with Crippen molar-refractivity contribution in [3.63, 3.8) is 0 Å². The number of hydrogen-bond donors (Lipinski definition) is 2. The minimum absolute atomic E-state index is 0.0105. The van der Waals surface area contributed by atoms with Gasteiger partial charge in [0.05, 0.1) is 37.7 Å². The largest absolute Gasteiger partial charge is 0.380 e. The number of ether oxygens (including phenoxy) is 2. The van der Waals surface area contributed by atoms with Crippen molar-refractivity contribution < 1.29 is 23.9 Å². The highest BCUT2D eigenvalue weighted by Crippen LogP contribution is 2.41. The summed E-state index contributed by atoms with van der Waals surface area (Å²) in [6, 6.07) is 16.2. The van der Waals surface area contributed by atoms with E-state index in [0.717, 1.165) is 46.7 Å². The second kappa shape index (κ2) is 17.7. The number of carbonyl (C=O) groups is 3. The molecule has 248 valence electrons. The molecule has 2 N–H and O–H groups in total. The van der Waals surface area contributed by atoms with Gasteiger partial charge < -0.3 is 25.0 Å². The summed E-state index contributed by atoms with van der Waals surface area (Å²) in [5.74, 6) is -0.228. The highest BCUT2D eigenvalue weighted by Gasteiger charge is 2.29. The number of amides is 2.